The summed E-state index contributed by atoms with van der Waals surface area (Å²) < 4.78 is 24.4. The van der Waals surface area contributed by atoms with Gasteiger partial charge in [0.2, 0.25) is 11.8 Å². The molecule has 0 bridgehead atoms. The summed E-state index contributed by atoms with van der Waals surface area (Å²) in [5.41, 5.74) is 6.63. The minimum absolute atomic E-state index is 0.241. The van der Waals surface area contributed by atoms with E-state index in [4.69, 9.17) is 24.7 Å². The first-order valence-corrected chi connectivity index (χ1v) is 11.3. The summed E-state index contributed by atoms with van der Waals surface area (Å²) in [5.74, 6) is -0.0460. The molecule has 204 valence electrons. The predicted molar refractivity (Wildman–Crippen MR) is 134 cm³/mol. The van der Waals surface area contributed by atoms with Crippen LogP contribution in [0.5, 0.6) is 11.8 Å². The number of ether oxygens (including phenoxy) is 5. The van der Waals surface area contributed by atoms with Gasteiger partial charge in [-0.05, 0) is 50.5 Å². The lowest BCUT2D eigenvalue weighted by Gasteiger charge is -2.22. The van der Waals surface area contributed by atoms with Gasteiger partial charge in [0.25, 0.3) is 0 Å². The minimum atomic E-state index is -0.855. The zero-order valence-electron chi connectivity index (χ0n) is 22.3. The number of nitrogens with zero attached hydrogens (tertiary/aromatic N) is 2. The van der Waals surface area contributed by atoms with E-state index in [1.807, 2.05) is 0 Å². The number of carbonyl (C=O) groups is 3. The van der Waals surface area contributed by atoms with E-state index in [9.17, 15) is 14.4 Å². The fraction of sp³-hybridized carbons (Fsp3) is 0.480. The second kappa shape index (κ2) is 15.2. The van der Waals surface area contributed by atoms with E-state index in [2.05, 4.69) is 20.0 Å². The minimum Gasteiger partial charge on any atom is -0.481 e. The molecule has 0 aliphatic heterocycles. The lowest BCUT2D eigenvalue weighted by atomic mass is 10.1. The number of pyridine rings is 2. The van der Waals surface area contributed by atoms with Gasteiger partial charge in [-0.25, -0.2) is 19.6 Å². The Hall–Kier alpha value is -3.93. The Bertz CT molecular complexity index is 1030. The van der Waals surface area contributed by atoms with Crippen LogP contribution in [0.2, 0.25) is 0 Å². The second-order valence-electron chi connectivity index (χ2n) is 8.67. The van der Waals surface area contributed by atoms with Gasteiger partial charge in [-0.2, -0.15) is 0 Å². The summed E-state index contributed by atoms with van der Waals surface area (Å²) in [6, 6.07) is 5.44. The highest BCUT2D eigenvalue weighted by Gasteiger charge is 2.25. The van der Waals surface area contributed by atoms with Crippen molar-refractivity contribution in [3.63, 3.8) is 0 Å². The summed E-state index contributed by atoms with van der Waals surface area (Å²) in [4.78, 5) is 42.7. The molecule has 0 radical (unpaired) electrons. The fourth-order valence-corrected chi connectivity index (χ4v) is 2.89. The van der Waals surface area contributed by atoms with Crippen molar-refractivity contribution in [3.8, 4) is 11.8 Å². The van der Waals surface area contributed by atoms with Crippen molar-refractivity contribution in [1.29, 1.82) is 0 Å². The average molecular weight is 521 g/mol. The quantitative estimate of drug-likeness (QED) is 0.366. The number of rotatable bonds is 9. The van der Waals surface area contributed by atoms with E-state index >= 15 is 0 Å². The van der Waals surface area contributed by atoms with Crippen LogP contribution in [-0.2, 0) is 36.6 Å². The SMILES string of the molecule is COC(=O)[C@@H](N)Cc1ccnc(OC)c1.COC(=O)[C@H](Cc1ccnc(OC)c1)NC(=O)OC(C)(C)C. The lowest BCUT2D eigenvalue weighted by Crippen LogP contribution is -2.45. The van der Waals surface area contributed by atoms with Crippen LogP contribution in [0, 0.1) is 0 Å². The molecule has 1 amide bonds. The molecule has 2 heterocycles. The Labute approximate surface area is 216 Å². The van der Waals surface area contributed by atoms with Crippen LogP contribution in [0.15, 0.2) is 36.7 Å². The van der Waals surface area contributed by atoms with E-state index in [0.717, 1.165) is 11.1 Å². The number of alkyl carbamates (subject to hydrolysis) is 1. The lowest BCUT2D eigenvalue weighted by molar-refractivity contribution is -0.143. The summed E-state index contributed by atoms with van der Waals surface area (Å²) in [6.45, 7) is 5.23. The first kappa shape index (κ1) is 31.1. The van der Waals surface area contributed by atoms with E-state index in [1.54, 1.807) is 57.4 Å². The molecule has 0 aromatic carbocycles. The predicted octanol–water partition coefficient (Wildman–Crippen LogP) is 1.83. The molecule has 2 atom stereocenters. The average Bonchev–Trinajstić information content (AvgIpc) is 2.86. The number of nitrogens with two attached hydrogens (primary N) is 1. The molecule has 3 N–H and O–H groups in total. The molecule has 12 nitrogen and oxygen atoms in total. The number of esters is 2. The van der Waals surface area contributed by atoms with Gasteiger partial charge in [-0.1, -0.05) is 0 Å². The number of methoxy groups -OCH3 is 4. The van der Waals surface area contributed by atoms with Gasteiger partial charge >= 0.3 is 18.0 Å². The van der Waals surface area contributed by atoms with Gasteiger partial charge in [0, 0.05) is 30.9 Å². The van der Waals surface area contributed by atoms with Crippen molar-refractivity contribution in [3.05, 3.63) is 47.8 Å². The van der Waals surface area contributed by atoms with Crippen molar-refractivity contribution >= 4 is 18.0 Å². The smallest absolute Gasteiger partial charge is 0.408 e. The van der Waals surface area contributed by atoms with Crippen LogP contribution in [0.3, 0.4) is 0 Å². The topological polar surface area (TPSA) is 161 Å². The first-order valence-electron chi connectivity index (χ1n) is 11.3. The van der Waals surface area contributed by atoms with Crippen LogP contribution >= 0.6 is 0 Å². The molecule has 0 aliphatic rings. The van der Waals surface area contributed by atoms with E-state index in [0.29, 0.717) is 18.2 Å². The van der Waals surface area contributed by atoms with E-state index in [1.165, 1.54) is 28.4 Å². The van der Waals surface area contributed by atoms with Crippen LogP contribution in [0.25, 0.3) is 0 Å². The maximum Gasteiger partial charge on any atom is 0.408 e. The molecule has 37 heavy (non-hydrogen) atoms. The molecular weight excluding hydrogens is 484 g/mol. The van der Waals surface area contributed by atoms with Crippen LogP contribution in [0.1, 0.15) is 31.9 Å². The summed E-state index contributed by atoms with van der Waals surface area (Å²) in [6.07, 6.45) is 3.15. The van der Waals surface area contributed by atoms with Gasteiger partial charge < -0.3 is 34.7 Å². The first-order chi connectivity index (χ1) is 17.4. The van der Waals surface area contributed by atoms with Crippen molar-refractivity contribution in [1.82, 2.24) is 15.3 Å². The highest BCUT2D eigenvalue weighted by Crippen LogP contribution is 2.13. The highest BCUT2D eigenvalue weighted by atomic mass is 16.6. The van der Waals surface area contributed by atoms with Crippen molar-refractivity contribution in [2.75, 3.05) is 28.4 Å². The van der Waals surface area contributed by atoms with Gasteiger partial charge in [-0.3, -0.25) is 4.79 Å². The van der Waals surface area contributed by atoms with Crippen molar-refractivity contribution in [2.24, 2.45) is 5.73 Å². The molecule has 0 saturated carbocycles. The maximum atomic E-state index is 11.8. The number of amides is 1. The van der Waals surface area contributed by atoms with Crippen LogP contribution in [-0.4, -0.2) is 74.1 Å². The van der Waals surface area contributed by atoms with Gasteiger partial charge in [-0.15, -0.1) is 0 Å². The molecular formula is C25H36N4O8. The third kappa shape index (κ3) is 12.0. The van der Waals surface area contributed by atoms with Crippen LogP contribution in [0.4, 0.5) is 4.79 Å². The Balaban J connectivity index is 0.000000397. The van der Waals surface area contributed by atoms with Crippen LogP contribution < -0.4 is 20.5 Å². The third-order valence-corrected chi connectivity index (χ3v) is 4.59. The molecule has 0 unspecified atom stereocenters. The Morgan fingerprint density at radius 3 is 1.78 bits per heavy atom. The standard InChI is InChI=1S/C15H22N2O5.C10H14N2O3/c1-15(2,3)22-14(19)17-11(13(18)21-5)8-10-6-7-16-12(9-10)20-4;1-14-9-6-7(3-4-12-9)5-8(11)10(13)15-2/h6-7,9,11H,8H2,1-5H3,(H,17,19);3-4,6,8H,5,11H2,1-2H3/t11-;8-/m00/s1. The molecule has 0 aliphatic carbocycles. The molecule has 2 aromatic rings. The maximum absolute atomic E-state index is 11.8. The molecule has 2 rings (SSSR count). The molecule has 0 saturated heterocycles. The summed E-state index contributed by atoms with van der Waals surface area (Å²) in [5, 5.41) is 2.51. The van der Waals surface area contributed by atoms with Gasteiger partial charge in [0.15, 0.2) is 0 Å². The Morgan fingerprint density at radius 1 is 0.865 bits per heavy atom. The normalized spacial score (nSPS) is 12.1. The highest BCUT2D eigenvalue weighted by molar-refractivity contribution is 5.81. The third-order valence-electron chi connectivity index (χ3n) is 4.59. The Morgan fingerprint density at radius 2 is 1.35 bits per heavy atom. The summed E-state index contributed by atoms with van der Waals surface area (Å²) in [7, 11) is 5.61. The van der Waals surface area contributed by atoms with Gasteiger partial charge in [0.1, 0.15) is 17.7 Å². The van der Waals surface area contributed by atoms with E-state index in [-0.39, 0.29) is 6.42 Å². The largest absolute Gasteiger partial charge is 0.481 e. The van der Waals surface area contributed by atoms with E-state index < -0.39 is 35.7 Å². The van der Waals surface area contributed by atoms with Crippen molar-refractivity contribution < 1.29 is 38.1 Å². The molecule has 12 heteroatoms. The zero-order chi connectivity index (χ0) is 28.0. The second-order valence-corrected chi connectivity index (χ2v) is 8.67. The number of carbonyl (C=O) groups excluding carboxylic acids is 3. The number of hydrogen-bond donors (Lipinski definition) is 2. The Kier molecular flexibility index (Phi) is 12.8. The summed E-state index contributed by atoms with van der Waals surface area (Å²) >= 11 is 0. The van der Waals surface area contributed by atoms with Crippen molar-refractivity contribution in [2.45, 2.75) is 51.3 Å². The molecule has 0 spiro atoms. The number of nitrogens with one attached hydrogen (secondary N) is 1. The number of aromatic nitrogens is 2. The number of hydrogen-bond acceptors (Lipinski definition) is 11. The molecule has 0 fully saturated rings. The molecule has 2 aromatic heterocycles. The monoisotopic (exact) mass is 520 g/mol. The van der Waals surface area contributed by atoms with Gasteiger partial charge in [0.05, 0.1) is 28.4 Å². The fourth-order valence-electron chi connectivity index (χ4n) is 2.89. The zero-order valence-corrected chi connectivity index (χ0v) is 22.3.